The lowest BCUT2D eigenvalue weighted by Gasteiger charge is -2.30. The van der Waals surface area contributed by atoms with E-state index < -0.39 is 0 Å². The minimum Gasteiger partial charge on any atom is -0.303 e. The van der Waals surface area contributed by atoms with Gasteiger partial charge in [0, 0.05) is 18.5 Å². The summed E-state index contributed by atoms with van der Waals surface area (Å²) in [5.41, 5.74) is -0.135. The van der Waals surface area contributed by atoms with Crippen LogP contribution in [0.3, 0.4) is 0 Å². The average Bonchev–Trinajstić information content (AvgIpc) is 3.02. The third-order valence-corrected chi connectivity index (χ3v) is 3.43. The molecule has 88 valence electrons. The average molecular weight is 211 g/mol. The van der Waals surface area contributed by atoms with Crippen LogP contribution >= 0.6 is 0 Å². The Labute approximate surface area is 94.0 Å². The van der Waals surface area contributed by atoms with Crippen LogP contribution in [0.25, 0.3) is 0 Å². The Morgan fingerprint density at radius 3 is 2.47 bits per heavy atom. The van der Waals surface area contributed by atoms with Crippen LogP contribution in [-0.2, 0) is 4.79 Å². The highest BCUT2D eigenvalue weighted by Gasteiger charge is 2.29. The fraction of sp³-hybridized carbons (Fsp3) is 0.923. The second-order valence-corrected chi connectivity index (χ2v) is 5.30. The van der Waals surface area contributed by atoms with Crippen molar-refractivity contribution in [3.05, 3.63) is 0 Å². The topological polar surface area (TPSA) is 20.3 Å². The van der Waals surface area contributed by atoms with Crippen molar-refractivity contribution in [2.75, 3.05) is 19.6 Å². The molecule has 1 fully saturated rings. The Hall–Kier alpha value is -0.370. The van der Waals surface area contributed by atoms with Gasteiger partial charge in [0.2, 0.25) is 0 Å². The van der Waals surface area contributed by atoms with E-state index in [9.17, 15) is 4.79 Å². The molecule has 1 unspecified atom stereocenters. The summed E-state index contributed by atoms with van der Waals surface area (Å²) in [4.78, 5) is 13.6. The molecule has 0 N–H and O–H groups in total. The SMILES string of the molecule is CCCN(CC1CC1)CC(C)(C=O)CC. The predicted octanol–water partition coefficient (Wildman–Crippen LogP) is 2.72. The van der Waals surface area contributed by atoms with Gasteiger partial charge in [-0.1, -0.05) is 20.8 Å². The van der Waals surface area contributed by atoms with Gasteiger partial charge in [0.25, 0.3) is 0 Å². The molecule has 0 radical (unpaired) electrons. The quantitative estimate of drug-likeness (QED) is 0.575. The monoisotopic (exact) mass is 211 g/mol. The summed E-state index contributed by atoms with van der Waals surface area (Å²) in [5, 5.41) is 0. The molecule has 0 aliphatic heterocycles. The number of carbonyl (C=O) groups excluding carboxylic acids is 1. The molecule has 0 heterocycles. The van der Waals surface area contributed by atoms with Gasteiger partial charge in [-0.15, -0.1) is 0 Å². The van der Waals surface area contributed by atoms with Gasteiger partial charge in [0.05, 0.1) is 0 Å². The first-order valence-electron chi connectivity index (χ1n) is 6.32. The molecule has 0 aromatic carbocycles. The van der Waals surface area contributed by atoms with Crippen molar-refractivity contribution in [3.63, 3.8) is 0 Å². The molecule has 1 aliphatic carbocycles. The summed E-state index contributed by atoms with van der Waals surface area (Å²) in [6.45, 7) is 9.68. The van der Waals surface area contributed by atoms with Crippen molar-refractivity contribution in [1.29, 1.82) is 0 Å². The van der Waals surface area contributed by atoms with Gasteiger partial charge in [0.1, 0.15) is 6.29 Å². The molecule has 0 bridgehead atoms. The zero-order valence-electron chi connectivity index (χ0n) is 10.5. The summed E-state index contributed by atoms with van der Waals surface area (Å²) in [5.74, 6) is 0.921. The van der Waals surface area contributed by atoms with Crippen LogP contribution in [0.1, 0.15) is 46.5 Å². The summed E-state index contributed by atoms with van der Waals surface area (Å²) in [6.07, 6.45) is 6.06. The van der Waals surface area contributed by atoms with Gasteiger partial charge in [-0.2, -0.15) is 0 Å². The van der Waals surface area contributed by atoms with E-state index >= 15 is 0 Å². The van der Waals surface area contributed by atoms with E-state index in [2.05, 4.69) is 25.7 Å². The van der Waals surface area contributed by atoms with Crippen LogP contribution in [0, 0.1) is 11.3 Å². The highest BCUT2D eigenvalue weighted by molar-refractivity contribution is 5.58. The molecule has 2 heteroatoms. The molecular formula is C13H25NO. The fourth-order valence-electron chi connectivity index (χ4n) is 1.96. The van der Waals surface area contributed by atoms with E-state index in [1.165, 1.54) is 25.8 Å². The summed E-state index contributed by atoms with van der Waals surface area (Å²) < 4.78 is 0. The smallest absolute Gasteiger partial charge is 0.127 e. The van der Waals surface area contributed by atoms with Gasteiger partial charge in [-0.3, -0.25) is 0 Å². The number of hydrogen-bond acceptors (Lipinski definition) is 2. The van der Waals surface area contributed by atoms with Crippen LogP contribution in [-0.4, -0.2) is 30.8 Å². The number of nitrogens with zero attached hydrogens (tertiary/aromatic N) is 1. The van der Waals surface area contributed by atoms with E-state index in [1.807, 2.05) is 0 Å². The Balaban J connectivity index is 2.43. The Kier molecular flexibility index (Phi) is 4.78. The first-order chi connectivity index (χ1) is 7.13. The normalized spacial score (nSPS) is 20.3. The number of carbonyl (C=O) groups is 1. The lowest BCUT2D eigenvalue weighted by atomic mass is 9.88. The van der Waals surface area contributed by atoms with Gasteiger partial charge in [-0.05, 0) is 38.1 Å². The van der Waals surface area contributed by atoms with E-state index in [0.717, 1.165) is 31.7 Å². The third-order valence-electron chi connectivity index (χ3n) is 3.43. The maximum Gasteiger partial charge on any atom is 0.127 e. The van der Waals surface area contributed by atoms with Crippen molar-refractivity contribution < 1.29 is 4.79 Å². The van der Waals surface area contributed by atoms with Crippen LogP contribution < -0.4 is 0 Å². The minimum absolute atomic E-state index is 0.135. The van der Waals surface area contributed by atoms with Gasteiger partial charge in [-0.25, -0.2) is 0 Å². The van der Waals surface area contributed by atoms with E-state index in [4.69, 9.17) is 0 Å². The summed E-state index contributed by atoms with van der Waals surface area (Å²) in [7, 11) is 0. The number of hydrogen-bond donors (Lipinski definition) is 0. The molecule has 0 saturated heterocycles. The second-order valence-electron chi connectivity index (χ2n) is 5.30. The lowest BCUT2D eigenvalue weighted by molar-refractivity contribution is -0.116. The molecule has 15 heavy (non-hydrogen) atoms. The Morgan fingerprint density at radius 1 is 1.40 bits per heavy atom. The fourth-order valence-corrected chi connectivity index (χ4v) is 1.96. The van der Waals surface area contributed by atoms with Gasteiger partial charge >= 0.3 is 0 Å². The first kappa shape index (κ1) is 12.7. The molecule has 1 saturated carbocycles. The summed E-state index contributed by atoms with van der Waals surface area (Å²) in [6, 6.07) is 0. The Bertz CT molecular complexity index is 201. The van der Waals surface area contributed by atoms with Crippen LogP contribution in [0.5, 0.6) is 0 Å². The molecule has 0 spiro atoms. The highest BCUT2D eigenvalue weighted by Crippen LogP contribution is 2.31. The minimum atomic E-state index is -0.135. The molecular weight excluding hydrogens is 186 g/mol. The molecule has 2 nitrogen and oxygen atoms in total. The molecule has 0 aromatic heterocycles. The third kappa shape index (κ3) is 4.33. The summed E-state index contributed by atoms with van der Waals surface area (Å²) >= 11 is 0. The van der Waals surface area contributed by atoms with Gasteiger partial charge < -0.3 is 9.69 Å². The standard InChI is InChI=1S/C13H25NO/c1-4-8-14(9-12-6-7-12)10-13(3,5-2)11-15/h11-12H,4-10H2,1-3H3. The van der Waals surface area contributed by atoms with Crippen LogP contribution in [0.15, 0.2) is 0 Å². The first-order valence-corrected chi connectivity index (χ1v) is 6.32. The zero-order chi connectivity index (χ0) is 11.3. The van der Waals surface area contributed by atoms with Crippen molar-refractivity contribution in [2.24, 2.45) is 11.3 Å². The lowest BCUT2D eigenvalue weighted by Crippen LogP contribution is -2.38. The van der Waals surface area contributed by atoms with E-state index in [0.29, 0.717) is 0 Å². The van der Waals surface area contributed by atoms with Gasteiger partial charge in [0.15, 0.2) is 0 Å². The van der Waals surface area contributed by atoms with Crippen molar-refractivity contribution in [1.82, 2.24) is 4.90 Å². The second kappa shape index (κ2) is 5.64. The Morgan fingerprint density at radius 2 is 2.07 bits per heavy atom. The predicted molar refractivity (Wildman–Crippen MR) is 63.9 cm³/mol. The van der Waals surface area contributed by atoms with E-state index in [-0.39, 0.29) is 5.41 Å². The molecule has 0 aromatic rings. The van der Waals surface area contributed by atoms with E-state index in [1.54, 1.807) is 0 Å². The largest absolute Gasteiger partial charge is 0.303 e. The van der Waals surface area contributed by atoms with Crippen molar-refractivity contribution >= 4 is 6.29 Å². The van der Waals surface area contributed by atoms with Crippen molar-refractivity contribution in [2.45, 2.75) is 46.5 Å². The zero-order valence-corrected chi connectivity index (χ0v) is 10.5. The van der Waals surface area contributed by atoms with Crippen LogP contribution in [0.4, 0.5) is 0 Å². The molecule has 1 atom stereocenters. The molecule has 1 aliphatic rings. The van der Waals surface area contributed by atoms with Crippen molar-refractivity contribution in [3.8, 4) is 0 Å². The maximum absolute atomic E-state index is 11.1. The number of rotatable bonds is 8. The highest BCUT2D eigenvalue weighted by atomic mass is 16.1. The number of aldehydes is 1. The van der Waals surface area contributed by atoms with Crippen LogP contribution in [0.2, 0.25) is 0 Å². The maximum atomic E-state index is 11.1. The molecule has 1 rings (SSSR count). The molecule has 0 amide bonds.